The summed E-state index contributed by atoms with van der Waals surface area (Å²) in [6.45, 7) is 8.94. The van der Waals surface area contributed by atoms with E-state index >= 15 is 0 Å². The van der Waals surface area contributed by atoms with Crippen molar-refractivity contribution >= 4 is 23.8 Å². The fourth-order valence-corrected chi connectivity index (χ4v) is 2.55. The van der Waals surface area contributed by atoms with Gasteiger partial charge in [0.2, 0.25) is 5.91 Å². The summed E-state index contributed by atoms with van der Waals surface area (Å²) in [7, 11) is 1.66. The van der Waals surface area contributed by atoms with Crippen LogP contribution in [0.4, 0.5) is 10.6 Å². The maximum Gasteiger partial charge on any atom is 0.410 e. The molecule has 0 atom stereocenters. The van der Waals surface area contributed by atoms with Gasteiger partial charge in [0.25, 0.3) is 0 Å². The number of pyridine rings is 1. The molecule has 0 bridgehead atoms. The van der Waals surface area contributed by atoms with Crippen molar-refractivity contribution in [3.63, 3.8) is 0 Å². The molecule has 0 spiro atoms. The lowest BCUT2D eigenvalue weighted by molar-refractivity contribution is -0.116. The first-order chi connectivity index (χ1) is 13.2. The van der Waals surface area contributed by atoms with E-state index in [-0.39, 0.29) is 24.5 Å². The maximum absolute atomic E-state index is 12.0. The van der Waals surface area contributed by atoms with E-state index < -0.39 is 5.60 Å². The molecule has 0 radical (unpaired) electrons. The smallest absolute Gasteiger partial charge is 0.410 e. The largest absolute Gasteiger partial charge is 0.444 e. The molecule has 2 heterocycles. The van der Waals surface area contributed by atoms with E-state index in [1.165, 1.54) is 0 Å². The number of aryl methyl sites for hydroxylation is 1. The monoisotopic (exact) mass is 390 g/mol. The number of nitrogens with one attached hydrogen (secondary N) is 3. The molecule has 0 aliphatic carbocycles. The van der Waals surface area contributed by atoms with Crippen molar-refractivity contribution in [1.29, 1.82) is 0 Å². The highest BCUT2D eigenvalue weighted by atomic mass is 16.6. The van der Waals surface area contributed by atoms with E-state index in [0.717, 1.165) is 5.69 Å². The zero-order valence-corrected chi connectivity index (χ0v) is 17.2. The number of amides is 2. The predicted octanol–water partition coefficient (Wildman–Crippen LogP) is 1.50. The summed E-state index contributed by atoms with van der Waals surface area (Å²) in [5.41, 5.74) is 0.350. The number of anilines is 1. The lowest BCUT2D eigenvalue weighted by Gasteiger charge is -2.40. The third kappa shape index (κ3) is 7.05. The Morgan fingerprint density at radius 2 is 2.04 bits per heavy atom. The van der Waals surface area contributed by atoms with E-state index in [2.05, 4.69) is 25.9 Å². The van der Waals surface area contributed by atoms with Crippen LogP contribution in [0.5, 0.6) is 0 Å². The van der Waals surface area contributed by atoms with Crippen LogP contribution in [0, 0.1) is 6.92 Å². The van der Waals surface area contributed by atoms with Crippen molar-refractivity contribution in [3.8, 4) is 0 Å². The Morgan fingerprint density at radius 3 is 2.64 bits per heavy atom. The molecule has 1 aromatic rings. The highest BCUT2D eigenvalue weighted by Gasteiger charge is 2.34. The fourth-order valence-electron chi connectivity index (χ4n) is 2.55. The molecule has 28 heavy (non-hydrogen) atoms. The minimum atomic E-state index is -0.498. The van der Waals surface area contributed by atoms with Crippen LogP contribution in [0.1, 0.15) is 32.9 Å². The summed E-state index contributed by atoms with van der Waals surface area (Å²) in [5.74, 6) is 1.01. The van der Waals surface area contributed by atoms with Crippen molar-refractivity contribution < 1.29 is 14.3 Å². The second-order valence-electron chi connectivity index (χ2n) is 7.69. The summed E-state index contributed by atoms with van der Waals surface area (Å²) in [6, 6.07) is 5.58. The predicted molar refractivity (Wildman–Crippen MR) is 108 cm³/mol. The van der Waals surface area contributed by atoms with Gasteiger partial charge in [-0.1, -0.05) is 6.07 Å². The van der Waals surface area contributed by atoms with Gasteiger partial charge in [-0.2, -0.15) is 0 Å². The summed E-state index contributed by atoms with van der Waals surface area (Å²) < 4.78 is 5.33. The lowest BCUT2D eigenvalue weighted by Crippen LogP contribution is -2.63. The van der Waals surface area contributed by atoms with Gasteiger partial charge in [-0.25, -0.2) is 9.78 Å². The summed E-state index contributed by atoms with van der Waals surface area (Å²) in [4.78, 5) is 34.0. The number of carbonyl (C=O) groups is 2. The number of guanidine groups is 1. The number of nitrogens with zero attached hydrogens (tertiary/aromatic N) is 3. The molecule has 0 unspecified atom stereocenters. The van der Waals surface area contributed by atoms with E-state index in [9.17, 15) is 9.59 Å². The number of hydrogen-bond donors (Lipinski definition) is 3. The third-order valence-electron chi connectivity index (χ3n) is 3.90. The highest BCUT2D eigenvalue weighted by Crippen LogP contribution is 2.15. The number of ether oxygens (including phenoxy) is 1. The molecular formula is C19H30N6O3. The molecule has 1 aromatic heterocycles. The van der Waals surface area contributed by atoms with Gasteiger partial charge in [0.1, 0.15) is 11.4 Å². The molecule has 1 aliphatic rings. The normalized spacial score (nSPS) is 14.9. The first kappa shape index (κ1) is 21.5. The first-order valence-corrected chi connectivity index (χ1v) is 9.35. The second kappa shape index (κ2) is 9.38. The molecule has 1 fully saturated rings. The second-order valence-corrected chi connectivity index (χ2v) is 7.69. The molecule has 3 N–H and O–H groups in total. The van der Waals surface area contributed by atoms with E-state index in [1.807, 2.05) is 39.8 Å². The summed E-state index contributed by atoms with van der Waals surface area (Å²) >= 11 is 0. The van der Waals surface area contributed by atoms with Crippen molar-refractivity contribution in [2.75, 3.05) is 32.0 Å². The molecule has 9 heteroatoms. The van der Waals surface area contributed by atoms with Crippen LogP contribution in [0.25, 0.3) is 0 Å². The Bertz CT molecular complexity index is 723. The van der Waals surface area contributed by atoms with E-state index in [1.54, 1.807) is 18.0 Å². The average Bonchev–Trinajstić information content (AvgIpc) is 2.54. The Labute approximate surface area is 165 Å². The quantitative estimate of drug-likeness (QED) is 0.519. The number of aliphatic imine (C=N–C) groups is 1. The van der Waals surface area contributed by atoms with Crippen molar-refractivity contribution in [3.05, 3.63) is 23.9 Å². The number of likely N-dealkylation sites (tertiary alicyclic amines) is 1. The Morgan fingerprint density at radius 1 is 1.32 bits per heavy atom. The van der Waals surface area contributed by atoms with Crippen LogP contribution in [-0.2, 0) is 9.53 Å². The number of rotatable bonds is 5. The molecule has 0 aromatic carbocycles. The zero-order chi connectivity index (χ0) is 20.7. The molecule has 0 saturated carbocycles. The van der Waals surface area contributed by atoms with Gasteiger partial charge in [0.05, 0.1) is 6.04 Å². The Balaban J connectivity index is 1.66. The van der Waals surface area contributed by atoms with Gasteiger partial charge in [-0.3, -0.25) is 9.79 Å². The van der Waals surface area contributed by atoms with Crippen LogP contribution in [0.3, 0.4) is 0 Å². The lowest BCUT2D eigenvalue weighted by atomic mass is 10.1. The molecule has 154 valence electrons. The van der Waals surface area contributed by atoms with Gasteiger partial charge >= 0.3 is 6.09 Å². The van der Waals surface area contributed by atoms with Crippen molar-refractivity contribution in [2.24, 2.45) is 4.99 Å². The number of carbonyl (C=O) groups excluding carboxylic acids is 2. The average molecular weight is 390 g/mol. The number of hydrogen-bond acceptors (Lipinski definition) is 5. The molecular weight excluding hydrogens is 360 g/mol. The van der Waals surface area contributed by atoms with Gasteiger partial charge in [0.15, 0.2) is 5.96 Å². The first-order valence-electron chi connectivity index (χ1n) is 9.35. The van der Waals surface area contributed by atoms with Crippen LogP contribution >= 0.6 is 0 Å². The topological polar surface area (TPSA) is 108 Å². The Hall–Kier alpha value is -2.84. The van der Waals surface area contributed by atoms with Gasteiger partial charge in [-0.05, 0) is 39.8 Å². The van der Waals surface area contributed by atoms with Crippen LogP contribution in [0.2, 0.25) is 0 Å². The van der Waals surface area contributed by atoms with Gasteiger partial charge in [-0.15, -0.1) is 0 Å². The summed E-state index contributed by atoms with van der Waals surface area (Å²) in [6.07, 6.45) is -0.0275. The third-order valence-corrected chi connectivity index (χ3v) is 3.90. The van der Waals surface area contributed by atoms with Crippen LogP contribution in [0.15, 0.2) is 23.2 Å². The summed E-state index contributed by atoms with van der Waals surface area (Å²) in [5, 5.41) is 9.09. The Kier molecular flexibility index (Phi) is 7.19. The van der Waals surface area contributed by atoms with Crippen molar-refractivity contribution in [2.45, 2.75) is 45.8 Å². The molecule has 1 aliphatic heterocycles. The van der Waals surface area contributed by atoms with Gasteiger partial charge in [0, 0.05) is 38.8 Å². The number of aromatic nitrogens is 1. The van der Waals surface area contributed by atoms with E-state index in [0.29, 0.717) is 31.4 Å². The molecule has 1 saturated heterocycles. The molecule has 2 amide bonds. The van der Waals surface area contributed by atoms with Gasteiger partial charge < -0.3 is 25.6 Å². The minimum Gasteiger partial charge on any atom is -0.444 e. The highest BCUT2D eigenvalue weighted by molar-refractivity contribution is 5.90. The zero-order valence-electron chi connectivity index (χ0n) is 17.2. The van der Waals surface area contributed by atoms with Crippen LogP contribution in [-0.4, -0.2) is 66.2 Å². The maximum atomic E-state index is 12.0. The standard InChI is InChI=1S/C19H30N6O3/c1-13-7-6-8-15(22-13)24-16(26)9-10-21-17(20-5)23-14-11-25(12-14)18(27)28-19(2,3)4/h6-8,14H,9-12H2,1-5H3,(H2,20,21,23)(H,22,24,26). The fraction of sp³-hybridized carbons (Fsp3) is 0.579. The van der Waals surface area contributed by atoms with E-state index in [4.69, 9.17) is 4.74 Å². The van der Waals surface area contributed by atoms with Crippen molar-refractivity contribution in [1.82, 2.24) is 20.5 Å². The minimum absolute atomic E-state index is 0.101. The van der Waals surface area contributed by atoms with Crippen LogP contribution < -0.4 is 16.0 Å². The molecule has 2 rings (SSSR count). The SMILES string of the molecule is CN=C(NCCC(=O)Nc1cccc(C)n1)NC1CN(C(=O)OC(C)(C)C)C1. The molecule has 9 nitrogen and oxygen atoms in total.